The van der Waals surface area contributed by atoms with Crippen LogP contribution in [0, 0.1) is 5.82 Å². The molecule has 2 rings (SSSR count). The van der Waals surface area contributed by atoms with E-state index >= 15 is 0 Å². The molecule has 0 saturated carbocycles. The lowest BCUT2D eigenvalue weighted by Crippen LogP contribution is -2.48. The second-order valence-corrected chi connectivity index (χ2v) is 8.07. The summed E-state index contributed by atoms with van der Waals surface area (Å²) < 4.78 is 38.5. The summed E-state index contributed by atoms with van der Waals surface area (Å²) >= 11 is 1.53. The minimum atomic E-state index is -3.34. The number of halogens is 1. The van der Waals surface area contributed by atoms with Crippen LogP contribution in [0.25, 0.3) is 0 Å². The monoisotopic (exact) mass is 317 g/mol. The largest absolute Gasteiger partial charge is 0.350 e. The van der Waals surface area contributed by atoms with Crippen molar-refractivity contribution in [2.75, 3.05) is 28.7 Å². The molecule has 1 atom stereocenters. The van der Waals surface area contributed by atoms with Gasteiger partial charge in [0.05, 0.1) is 5.69 Å². The Morgan fingerprint density at radius 3 is 2.90 bits per heavy atom. The normalized spacial score (nSPS) is 19.9. The number of aldehydes is 1. The Kier molecular flexibility index (Phi) is 4.70. The van der Waals surface area contributed by atoms with Gasteiger partial charge in [0.2, 0.25) is 0 Å². The van der Waals surface area contributed by atoms with Crippen LogP contribution in [0.3, 0.4) is 0 Å². The minimum Gasteiger partial charge on any atom is -0.350 e. The quantitative estimate of drug-likeness (QED) is 0.795. The van der Waals surface area contributed by atoms with Gasteiger partial charge >= 0.3 is 0 Å². The first-order valence-electron chi connectivity index (χ1n) is 6.31. The van der Waals surface area contributed by atoms with Crippen molar-refractivity contribution >= 4 is 33.6 Å². The van der Waals surface area contributed by atoms with Gasteiger partial charge < -0.3 is 4.90 Å². The molecule has 1 aromatic carbocycles. The third-order valence-electron chi connectivity index (χ3n) is 3.33. The summed E-state index contributed by atoms with van der Waals surface area (Å²) in [6, 6.07) is 4.20. The Labute approximate surface area is 122 Å². The lowest BCUT2D eigenvalue weighted by molar-refractivity contribution is 0.112. The molecule has 0 amide bonds. The van der Waals surface area contributed by atoms with E-state index in [0.717, 1.165) is 0 Å². The van der Waals surface area contributed by atoms with E-state index < -0.39 is 21.0 Å². The zero-order valence-electron chi connectivity index (χ0n) is 11.1. The lowest BCUT2D eigenvalue weighted by atomic mass is 10.1. The Hall–Kier alpha value is -1.08. The van der Waals surface area contributed by atoms with Crippen molar-refractivity contribution in [3.05, 3.63) is 29.6 Å². The van der Waals surface area contributed by atoms with Crippen molar-refractivity contribution < 1.29 is 17.6 Å². The summed E-state index contributed by atoms with van der Waals surface area (Å²) in [7, 11) is -3.34. The molecule has 1 aromatic rings. The van der Waals surface area contributed by atoms with Crippen LogP contribution in [0.1, 0.15) is 17.3 Å². The van der Waals surface area contributed by atoms with E-state index in [4.69, 9.17) is 0 Å². The summed E-state index contributed by atoms with van der Waals surface area (Å²) in [6.45, 7) is 1.99. The maximum Gasteiger partial charge on any atom is 0.171 e. The van der Waals surface area contributed by atoms with Crippen LogP contribution in [0.4, 0.5) is 10.1 Å². The Morgan fingerprint density at radius 1 is 1.50 bits per heavy atom. The molecule has 1 aliphatic rings. The second-order valence-electron chi connectivity index (χ2n) is 4.47. The molecular weight excluding hydrogens is 301 g/mol. The summed E-state index contributed by atoms with van der Waals surface area (Å²) in [5.74, 6) is 0.544. The summed E-state index contributed by atoms with van der Waals surface area (Å²) in [5, 5.41) is -0.776. The van der Waals surface area contributed by atoms with Gasteiger partial charge in [0, 0.05) is 29.4 Å². The molecule has 0 N–H and O–H groups in total. The average Bonchev–Trinajstić information content (AvgIpc) is 2.47. The van der Waals surface area contributed by atoms with Gasteiger partial charge in [0.15, 0.2) is 16.1 Å². The van der Waals surface area contributed by atoms with Crippen molar-refractivity contribution in [1.82, 2.24) is 0 Å². The summed E-state index contributed by atoms with van der Waals surface area (Å²) in [5.41, 5.74) is 0.290. The highest BCUT2D eigenvalue weighted by atomic mass is 32.2. The first-order chi connectivity index (χ1) is 9.51. The van der Waals surface area contributed by atoms with Crippen LogP contribution in [-0.2, 0) is 9.84 Å². The fraction of sp³-hybridized carbons (Fsp3) is 0.462. The Morgan fingerprint density at radius 2 is 2.25 bits per heavy atom. The average molecular weight is 317 g/mol. The molecule has 7 heteroatoms. The lowest BCUT2D eigenvalue weighted by Gasteiger charge is -2.37. The predicted molar refractivity (Wildman–Crippen MR) is 79.7 cm³/mol. The molecule has 0 aromatic heterocycles. The van der Waals surface area contributed by atoms with Gasteiger partial charge in [-0.1, -0.05) is 13.0 Å². The number of hydrogen-bond acceptors (Lipinski definition) is 5. The van der Waals surface area contributed by atoms with Crippen LogP contribution in [-0.4, -0.2) is 43.9 Å². The Balaban J connectivity index is 2.51. The number of carbonyl (C=O) groups is 1. The van der Waals surface area contributed by atoms with E-state index in [0.29, 0.717) is 24.3 Å². The minimum absolute atomic E-state index is 0.000395. The molecule has 0 bridgehead atoms. The van der Waals surface area contributed by atoms with E-state index in [1.807, 2.05) is 0 Å². The van der Waals surface area contributed by atoms with E-state index in [1.165, 1.54) is 34.9 Å². The molecule has 0 spiro atoms. The van der Waals surface area contributed by atoms with E-state index in [9.17, 15) is 17.6 Å². The van der Waals surface area contributed by atoms with E-state index in [1.54, 1.807) is 6.92 Å². The number of rotatable bonds is 4. The highest BCUT2D eigenvalue weighted by Crippen LogP contribution is 2.31. The van der Waals surface area contributed by atoms with E-state index in [2.05, 4.69) is 0 Å². The topological polar surface area (TPSA) is 54.5 Å². The maximum atomic E-state index is 14.1. The predicted octanol–water partition coefficient (Wildman–Crippen LogP) is 1.95. The third kappa shape index (κ3) is 2.83. The highest BCUT2D eigenvalue weighted by Gasteiger charge is 2.35. The number of sulfone groups is 1. The SMILES string of the molecule is CCS(=O)(=O)C1CSCCN1c1c(F)cccc1C=O. The number of anilines is 1. The molecule has 1 saturated heterocycles. The van der Waals surface area contributed by atoms with Gasteiger partial charge in [0.1, 0.15) is 11.2 Å². The molecule has 110 valence electrons. The number of hydrogen-bond donors (Lipinski definition) is 0. The smallest absolute Gasteiger partial charge is 0.171 e. The first kappa shape index (κ1) is 15.3. The van der Waals surface area contributed by atoms with E-state index in [-0.39, 0.29) is 17.0 Å². The van der Waals surface area contributed by atoms with Crippen molar-refractivity contribution in [1.29, 1.82) is 0 Å². The fourth-order valence-corrected chi connectivity index (χ4v) is 5.23. The molecule has 4 nitrogen and oxygen atoms in total. The molecule has 0 aliphatic carbocycles. The maximum absolute atomic E-state index is 14.1. The van der Waals surface area contributed by atoms with Gasteiger partial charge in [-0.05, 0) is 12.1 Å². The van der Waals surface area contributed by atoms with Gasteiger partial charge in [-0.25, -0.2) is 12.8 Å². The van der Waals surface area contributed by atoms with Crippen LogP contribution in [0.5, 0.6) is 0 Å². The molecule has 0 radical (unpaired) electrons. The molecule has 1 heterocycles. The third-order valence-corrected chi connectivity index (χ3v) is 6.62. The van der Waals surface area contributed by atoms with Crippen LogP contribution in [0.2, 0.25) is 0 Å². The number of carbonyl (C=O) groups excluding carboxylic acids is 1. The van der Waals surface area contributed by atoms with Gasteiger partial charge in [-0.15, -0.1) is 0 Å². The molecular formula is C13H16FNO3S2. The molecule has 1 aliphatic heterocycles. The zero-order chi connectivity index (χ0) is 14.8. The zero-order valence-corrected chi connectivity index (χ0v) is 12.7. The van der Waals surface area contributed by atoms with Crippen molar-refractivity contribution in [3.63, 3.8) is 0 Å². The molecule has 1 unspecified atom stereocenters. The molecule has 1 fully saturated rings. The summed E-state index contributed by atoms with van der Waals surface area (Å²) in [6.07, 6.45) is 0.565. The van der Waals surface area contributed by atoms with Gasteiger partial charge in [-0.2, -0.15) is 11.8 Å². The van der Waals surface area contributed by atoms with Crippen molar-refractivity contribution in [3.8, 4) is 0 Å². The standard InChI is InChI=1S/C13H16FNO3S2/c1-2-20(17,18)12-9-19-7-6-15(12)13-10(8-16)4-3-5-11(13)14/h3-5,8,12H,2,6-7,9H2,1H3. The van der Waals surface area contributed by atoms with Gasteiger partial charge in [0.25, 0.3) is 0 Å². The number of thioether (sulfide) groups is 1. The van der Waals surface area contributed by atoms with Crippen molar-refractivity contribution in [2.45, 2.75) is 12.3 Å². The number of para-hydroxylation sites is 1. The highest BCUT2D eigenvalue weighted by molar-refractivity contribution is 8.01. The molecule has 20 heavy (non-hydrogen) atoms. The van der Waals surface area contributed by atoms with Gasteiger partial charge in [-0.3, -0.25) is 4.79 Å². The number of nitrogens with zero attached hydrogens (tertiary/aromatic N) is 1. The summed E-state index contributed by atoms with van der Waals surface area (Å²) in [4.78, 5) is 12.6. The Bertz CT molecular complexity index is 604. The second kappa shape index (κ2) is 6.13. The number of benzene rings is 1. The van der Waals surface area contributed by atoms with Crippen LogP contribution >= 0.6 is 11.8 Å². The van der Waals surface area contributed by atoms with Crippen molar-refractivity contribution in [2.24, 2.45) is 0 Å². The van der Waals surface area contributed by atoms with Crippen LogP contribution in [0.15, 0.2) is 18.2 Å². The van der Waals surface area contributed by atoms with Crippen LogP contribution < -0.4 is 4.90 Å². The fourth-order valence-electron chi connectivity index (χ4n) is 2.26. The first-order valence-corrected chi connectivity index (χ1v) is 9.18.